The van der Waals surface area contributed by atoms with Crippen molar-refractivity contribution in [2.24, 2.45) is 0 Å². The molecule has 0 spiro atoms. The van der Waals surface area contributed by atoms with Gasteiger partial charge in [0.15, 0.2) is 5.76 Å². The smallest absolute Gasteiger partial charge is 0.404 e. The van der Waals surface area contributed by atoms with Crippen molar-refractivity contribution in [3.05, 3.63) is 42.4 Å². The number of halogens is 1. The topological polar surface area (TPSA) is 63.9 Å². The molecule has 0 saturated carbocycles. The largest absolute Gasteiger partial charge is 0.422 e. The predicted molar refractivity (Wildman–Crippen MR) is 94.3 cm³/mol. The highest BCUT2D eigenvalue weighted by atomic mass is 35.5. The van der Waals surface area contributed by atoms with Crippen LogP contribution >= 0.6 is 24.2 Å². The minimum Gasteiger partial charge on any atom is -0.404 e. The summed E-state index contributed by atoms with van der Waals surface area (Å²) in [4.78, 5) is 28.8. The van der Waals surface area contributed by atoms with Crippen molar-refractivity contribution >= 4 is 41.8 Å². The van der Waals surface area contributed by atoms with Crippen LogP contribution in [0.5, 0.6) is 0 Å². The Morgan fingerprint density at radius 3 is 2.88 bits per heavy atom. The lowest BCUT2D eigenvalue weighted by molar-refractivity contribution is -0.123. The Labute approximate surface area is 150 Å². The van der Waals surface area contributed by atoms with E-state index in [0.717, 1.165) is 34.2 Å². The fraction of sp³-hybridized carbons (Fsp3) is 0.312. The molecule has 2 amide bonds. The van der Waals surface area contributed by atoms with Gasteiger partial charge in [0.2, 0.25) is 0 Å². The third-order valence-corrected chi connectivity index (χ3v) is 4.67. The highest BCUT2D eigenvalue weighted by molar-refractivity contribution is 7.99. The zero-order chi connectivity index (χ0) is 16.2. The molecule has 1 aliphatic heterocycles. The molecule has 0 unspecified atom stereocenters. The van der Waals surface area contributed by atoms with E-state index < -0.39 is 6.09 Å². The number of carbonyl (C=O) groups excluding carboxylic acids is 2. The molecular weight excluding hydrogens is 350 g/mol. The average molecular weight is 368 g/mol. The number of amides is 2. The monoisotopic (exact) mass is 367 g/mol. The Morgan fingerprint density at radius 2 is 2.12 bits per heavy atom. The van der Waals surface area contributed by atoms with Gasteiger partial charge in [0.05, 0.1) is 5.03 Å². The lowest BCUT2D eigenvalue weighted by Crippen LogP contribution is -2.29. The maximum absolute atomic E-state index is 11.8. The minimum atomic E-state index is -0.570. The first-order chi connectivity index (χ1) is 11.2. The molecule has 2 aromatic heterocycles. The van der Waals surface area contributed by atoms with Gasteiger partial charge >= 0.3 is 6.09 Å². The van der Waals surface area contributed by atoms with Gasteiger partial charge in [-0.1, -0.05) is 6.07 Å². The second-order valence-corrected chi connectivity index (χ2v) is 6.17. The number of carbonyl (C=O) groups is 2. The van der Waals surface area contributed by atoms with E-state index in [1.165, 1.54) is 6.08 Å². The van der Waals surface area contributed by atoms with Crippen LogP contribution in [0.25, 0.3) is 5.65 Å². The SMILES string of the molecule is CC=C1OC(=O)N(CCCCSc2cccc3nccn23)C1=O.Cl. The van der Waals surface area contributed by atoms with Crippen LogP contribution in [0.3, 0.4) is 0 Å². The number of pyridine rings is 1. The van der Waals surface area contributed by atoms with Crippen LogP contribution in [-0.4, -0.2) is 38.6 Å². The number of fused-ring (bicyclic) bond motifs is 1. The molecule has 128 valence electrons. The van der Waals surface area contributed by atoms with Crippen molar-refractivity contribution in [3.8, 4) is 0 Å². The predicted octanol–water partition coefficient (Wildman–Crippen LogP) is 3.51. The fourth-order valence-corrected chi connectivity index (χ4v) is 3.40. The van der Waals surface area contributed by atoms with E-state index in [-0.39, 0.29) is 24.1 Å². The fourth-order valence-electron chi connectivity index (χ4n) is 2.37. The van der Waals surface area contributed by atoms with Crippen molar-refractivity contribution in [1.82, 2.24) is 14.3 Å². The number of ether oxygens (including phenoxy) is 1. The number of rotatable bonds is 6. The number of nitrogens with zero attached hydrogens (tertiary/aromatic N) is 3. The summed E-state index contributed by atoms with van der Waals surface area (Å²) in [6.07, 6.45) is 6.32. The van der Waals surface area contributed by atoms with E-state index >= 15 is 0 Å². The quantitative estimate of drug-likeness (QED) is 0.444. The minimum absolute atomic E-state index is 0. The highest BCUT2D eigenvalue weighted by Gasteiger charge is 2.35. The number of unbranched alkanes of at least 4 members (excludes halogenated alkanes) is 1. The number of hydrogen-bond donors (Lipinski definition) is 0. The molecule has 0 N–H and O–H groups in total. The van der Waals surface area contributed by atoms with Crippen LogP contribution in [-0.2, 0) is 9.53 Å². The van der Waals surface area contributed by atoms with Crippen LogP contribution < -0.4 is 0 Å². The molecule has 0 radical (unpaired) electrons. The molecule has 0 aromatic carbocycles. The standard InChI is InChI=1S/C16H17N3O3S.ClH/c1-2-12-15(20)19(16(21)22-12)9-3-4-11-23-14-7-5-6-13-17-8-10-18(13)14;/h2,5-8,10H,3-4,9,11H2,1H3;1H. The maximum atomic E-state index is 11.8. The average Bonchev–Trinajstić information content (AvgIpc) is 3.13. The highest BCUT2D eigenvalue weighted by Crippen LogP contribution is 2.21. The summed E-state index contributed by atoms with van der Waals surface area (Å²) in [6.45, 7) is 2.07. The summed E-state index contributed by atoms with van der Waals surface area (Å²) in [5.74, 6) is 0.690. The summed E-state index contributed by atoms with van der Waals surface area (Å²) < 4.78 is 6.93. The molecule has 6 nitrogen and oxygen atoms in total. The van der Waals surface area contributed by atoms with Crippen molar-refractivity contribution in [2.75, 3.05) is 12.3 Å². The Hall–Kier alpha value is -1.99. The van der Waals surface area contributed by atoms with Gasteiger partial charge in [0.1, 0.15) is 5.65 Å². The molecule has 2 aromatic rings. The summed E-state index contributed by atoms with van der Waals surface area (Å²) in [6, 6.07) is 6.01. The van der Waals surface area contributed by atoms with Crippen LogP contribution in [0.1, 0.15) is 19.8 Å². The van der Waals surface area contributed by atoms with Gasteiger partial charge in [-0.05, 0) is 43.7 Å². The molecule has 1 saturated heterocycles. The molecule has 8 heteroatoms. The maximum Gasteiger partial charge on any atom is 0.422 e. The molecule has 0 atom stereocenters. The number of cyclic esters (lactones) is 1. The van der Waals surface area contributed by atoms with Crippen LogP contribution in [0, 0.1) is 0 Å². The molecular formula is C16H18ClN3O3S. The van der Waals surface area contributed by atoms with Gasteiger partial charge < -0.3 is 4.74 Å². The first-order valence-electron chi connectivity index (χ1n) is 7.45. The Kier molecular flexibility index (Phi) is 6.28. The molecule has 3 heterocycles. The third-order valence-electron chi connectivity index (χ3n) is 3.55. The lowest BCUT2D eigenvalue weighted by Gasteiger charge is -2.10. The third kappa shape index (κ3) is 3.73. The molecule has 3 rings (SSSR count). The van der Waals surface area contributed by atoms with Gasteiger partial charge in [0, 0.05) is 18.9 Å². The van der Waals surface area contributed by atoms with Gasteiger partial charge in [-0.25, -0.2) is 14.7 Å². The normalized spacial score (nSPS) is 15.9. The number of imidazole rings is 1. The first kappa shape index (κ1) is 18.4. The van der Waals surface area contributed by atoms with Crippen molar-refractivity contribution in [2.45, 2.75) is 24.8 Å². The second kappa shape index (κ2) is 8.21. The zero-order valence-corrected chi connectivity index (χ0v) is 14.8. The Balaban J connectivity index is 0.00000208. The van der Waals surface area contributed by atoms with Crippen LogP contribution in [0.2, 0.25) is 0 Å². The molecule has 0 aliphatic carbocycles. The summed E-state index contributed by atoms with van der Waals surface area (Å²) >= 11 is 1.74. The van der Waals surface area contributed by atoms with E-state index in [2.05, 4.69) is 11.1 Å². The van der Waals surface area contributed by atoms with Gasteiger partial charge in [-0.3, -0.25) is 9.20 Å². The van der Waals surface area contributed by atoms with Crippen LogP contribution in [0.15, 0.2) is 47.5 Å². The number of hydrogen-bond acceptors (Lipinski definition) is 5. The zero-order valence-electron chi connectivity index (χ0n) is 13.2. The summed E-state index contributed by atoms with van der Waals surface area (Å²) in [5.41, 5.74) is 0.930. The summed E-state index contributed by atoms with van der Waals surface area (Å²) in [7, 11) is 0. The van der Waals surface area contributed by atoms with Gasteiger partial charge in [-0.15, -0.1) is 24.2 Å². The lowest BCUT2D eigenvalue weighted by atomic mass is 10.3. The van der Waals surface area contributed by atoms with Crippen LogP contribution in [0.4, 0.5) is 4.79 Å². The van der Waals surface area contributed by atoms with Crippen molar-refractivity contribution < 1.29 is 14.3 Å². The molecule has 1 fully saturated rings. The molecule has 24 heavy (non-hydrogen) atoms. The van der Waals surface area contributed by atoms with E-state index in [0.29, 0.717) is 6.54 Å². The summed E-state index contributed by atoms with van der Waals surface area (Å²) in [5, 5.41) is 1.13. The second-order valence-electron chi connectivity index (χ2n) is 5.05. The molecule has 0 bridgehead atoms. The van der Waals surface area contributed by atoms with E-state index in [4.69, 9.17) is 4.74 Å². The van der Waals surface area contributed by atoms with Crippen molar-refractivity contribution in [3.63, 3.8) is 0 Å². The van der Waals surface area contributed by atoms with Gasteiger partial charge in [-0.2, -0.15) is 0 Å². The number of thioether (sulfide) groups is 1. The Bertz CT molecular complexity index is 775. The Morgan fingerprint density at radius 1 is 1.29 bits per heavy atom. The number of aromatic nitrogens is 2. The first-order valence-corrected chi connectivity index (χ1v) is 8.44. The number of allylic oxidation sites excluding steroid dienone is 1. The van der Waals surface area contributed by atoms with E-state index in [1.54, 1.807) is 24.9 Å². The van der Waals surface area contributed by atoms with Crippen molar-refractivity contribution in [1.29, 1.82) is 0 Å². The molecule has 1 aliphatic rings. The van der Waals surface area contributed by atoms with Gasteiger partial charge in [0.25, 0.3) is 5.91 Å². The number of imide groups is 1. The van der Waals surface area contributed by atoms with E-state index in [1.807, 2.05) is 22.7 Å². The van der Waals surface area contributed by atoms with E-state index in [9.17, 15) is 9.59 Å².